The number of nitrogens with zero attached hydrogens (tertiary/aromatic N) is 2. The van der Waals surface area contributed by atoms with Crippen LogP contribution in [0.5, 0.6) is 0 Å². The van der Waals surface area contributed by atoms with Crippen LogP contribution >= 0.6 is 0 Å². The van der Waals surface area contributed by atoms with E-state index in [0.29, 0.717) is 24.3 Å². The molecule has 0 unspecified atom stereocenters. The summed E-state index contributed by atoms with van der Waals surface area (Å²) in [6, 6.07) is 4.51. The highest BCUT2D eigenvalue weighted by atomic mass is 16.2. The van der Waals surface area contributed by atoms with Gasteiger partial charge in [-0.1, -0.05) is 0 Å². The van der Waals surface area contributed by atoms with Crippen LogP contribution in [0.3, 0.4) is 0 Å². The average Bonchev–Trinajstić information content (AvgIpc) is 2.90. The van der Waals surface area contributed by atoms with Crippen LogP contribution in [-0.2, 0) is 11.2 Å². The van der Waals surface area contributed by atoms with Crippen molar-refractivity contribution in [3.05, 3.63) is 30.1 Å². The highest BCUT2D eigenvalue weighted by Crippen LogP contribution is 2.25. The summed E-state index contributed by atoms with van der Waals surface area (Å²) in [5, 5.41) is 3.54. The molecule has 19 heavy (non-hydrogen) atoms. The number of pyridine rings is 1. The molecule has 1 N–H and O–H groups in total. The van der Waals surface area contributed by atoms with E-state index in [4.69, 9.17) is 0 Å². The lowest BCUT2D eigenvalue weighted by atomic mass is 9.94. The van der Waals surface area contributed by atoms with Crippen molar-refractivity contribution in [3.63, 3.8) is 0 Å². The molecule has 1 amide bonds. The van der Waals surface area contributed by atoms with Crippen LogP contribution in [0.2, 0.25) is 0 Å². The number of nitrogens with one attached hydrogen (secondary N) is 1. The Morgan fingerprint density at radius 3 is 3.00 bits per heavy atom. The Hall–Kier alpha value is -1.42. The van der Waals surface area contributed by atoms with Gasteiger partial charge in [-0.2, -0.15) is 0 Å². The number of hydrogen-bond acceptors (Lipinski definition) is 3. The van der Waals surface area contributed by atoms with Crippen molar-refractivity contribution < 1.29 is 4.79 Å². The van der Waals surface area contributed by atoms with Gasteiger partial charge in [0.15, 0.2) is 0 Å². The van der Waals surface area contributed by atoms with Gasteiger partial charge in [0, 0.05) is 37.9 Å². The fourth-order valence-electron chi connectivity index (χ4n) is 3.21. The van der Waals surface area contributed by atoms with Crippen molar-refractivity contribution in [3.8, 4) is 0 Å². The van der Waals surface area contributed by atoms with E-state index in [2.05, 4.69) is 15.2 Å². The van der Waals surface area contributed by atoms with E-state index in [1.54, 1.807) is 12.4 Å². The van der Waals surface area contributed by atoms with Gasteiger partial charge in [-0.05, 0) is 49.4 Å². The second kappa shape index (κ2) is 5.70. The van der Waals surface area contributed by atoms with Gasteiger partial charge in [0.2, 0.25) is 5.91 Å². The fourth-order valence-corrected chi connectivity index (χ4v) is 3.21. The van der Waals surface area contributed by atoms with Crippen LogP contribution in [0.25, 0.3) is 0 Å². The molecular weight excluding hydrogens is 238 g/mol. The Labute approximate surface area is 114 Å². The second-order valence-electron chi connectivity index (χ2n) is 5.62. The summed E-state index contributed by atoms with van der Waals surface area (Å²) >= 11 is 0. The molecule has 4 nitrogen and oxygen atoms in total. The number of fused-ring (bicyclic) bond motifs is 1. The normalized spacial score (nSPS) is 26.2. The zero-order valence-electron chi connectivity index (χ0n) is 11.2. The lowest BCUT2D eigenvalue weighted by Gasteiger charge is -2.24. The second-order valence-corrected chi connectivity index (χ2v) is 5.62. The Morgan fingerprint density at radius 2 is 2.21 bits per heavy atom. The number of carbonyl (C=O) groups is 1. The van der Waals surface area contributed by atoms with Gasteiger partial charge >= 0.3 is 0 Å². The van der Waals surface area contributed by atoms with Gasteiger partial charge in [0.1, 0.15) is 0 Å². The zero-order chi connectivity index (χ0) is 13.1. The highest BCUT2D eigenvalue weighted by molar-refractivity contribution is 5.76. The number of piperidine rings is 1. The maximum absolute atomic E-state index is 12.2. The van der Waals surface area contributed by atoms with E-state index in [-0.39, 0.29) is 0 Å². The first-order chi connectivity index (χ1) is 9.33. The van der Waals surface area contributed by atoms with Gasteiger partial charge in [-0.3, -0.25) is 9.78 Å². The minimum atomic E-state index is 0.299. The molecule has 3 rings (SSSR count). The van der Waals surface area contributed by atoms with Crippen molar-refractivity contribution in [2.45, 2.75) is 31.7 Å². The van der Waals surface area contributed by atoms with Crippen LogP contribution in [0.1, 0.15) is 24.8 Å². The Bertz CT molecular complexity index is 420. The molecular formula is C15H21N3O. The maximum atomic E-state index is 12.2. The predicted octanol–water partition coefficient (Wildman–Crippen LogP) is 1.22. The first-order valence-corrected chi connectivity index (χ1v) is 7.23. The third-order valence-corrected chi connectivity index (χ3v) is 4.33. The number of carbonyl (C=O) groups excluding carboxylic acids is 1. The summed E-state index contributed by atoms with van der Waals surface area (Å²) in [5.41, 5.74) is 1.19. The monoisotopic (exact) mass is 259 g/mol. The quantitative estimate of drug-likeness (QED) is 0.888. The van der Waals surface area contributed by atoms with Crippen LogP contribution < -0.4 is 5.32 Å². The van der Waals surface area contributed by atoms with Crippen LogP contribution in [0.4, 0.5) is 0 Å². The smallest absolute Gasteiger partial charge is 0.222 e. The van der Waals surface area contributed by atoms with E-state index in [1.165, 1.54) is 18.4 Å². The maximum Gasteiger partial charge on any atom is 0.222 e. The molecule has 0 saturated carbocycles. The van der Waals surface area contributed by atoms with Crippen LogP contribution in [0.15, 0.2) is 24.5 Å². The topological polar surface area (TPSA) is 45.2 Å². The molecule has 0 bridgehead atoms. The summed E-state index contributed by atoms with van der Waals surface area (Å²) in [6.45, 7) is 2.97. The fraction of sp³-hybridized carbons (Fsp3) is 0.600. The third kappa shape index (κ3) is 2.95. The Balaban J connectivity index is 1.51. The first kappa shape index (κ1) is 12.6. The number of likely N-dealkylation sites (tertiary alicyclic amines) is 1. The van der Waals surface area contributed by atoms with Crippen LogP contribution in [0, 0.1) is 5.92 Å². The molecule has 4 heteroatoms. The van der Waals surface area contributed by atoms with Crippen molar-refractivity contribution in [2.24, 2.45) is 5.92 Å². The van der Waals surface area contributed by atoms with E-state index in [1.807, 2.05) is 12.1 Å². The molecule has 102 valence electrons. The summed E-state index contributed by atoms with van der Waals surface area (Å²) in [6.07, 6.45) is 7.53. The molecule has 2 aliphatic rings. The predicted molar refractivity (Wildman–Crippen MR) is 73.7 cm³/mol. The van der Waals surface area contributed by atoms with Crippen molar-refractivity contribution in [1.82, 2.24) is 15.2 Å². The van der Waals surface area contributed by atoms with E-state index in [9.17, 15) is 4.79 Å². The minimum Gasteiger partial charge on any atom is -0.341 e. The molecule has 2 aliphatic heterocycles. The van der Waals surface area contributed by atoms with Crippen molar-refractivity contribution in [1.29, 1.82) is 0 Å². The van der Waals surface area contributed by atoms with Crippen molar-refractivity contribution in [2.75, 3.05) is 19.6 Å². The van der Waals surface area contributed by atoms with Gasteiger partial charge in [-0.25, -0.2) is 0 Å². The summed E-state index contributed by atoms with van der Waals surface area (Å²) < 4.78 is 0. The Morgan fingerprint density at radius 1 is 1.37 bits per heavy atom. The number of amides is 1. The molecule has 0 spiro atoms. The molecule has 1 aromatic heterocycles. The lowest BCUT2D eigenvalue weighted by Crippen LogP contribution is -2.41. The molecule has 2 atom stereocenters. The van der Waals surface area contributed by atoms with Gasteiger partial charge < -0.3 is 10.2 Å². The van der Waals surface area contributed by atoms with Gasteiger partial charge in [0.25, 0.3) is 0 Å². The average molecular weight is 259 g/mol. The number of rotatable bonds is 3. The van der Waals surface area contributed by atoms with Crippen LogP contribution in [-0.4, -0.2) is 41.5 Å². The number of aromatic nitrogens is 1. The SMILES string of the molecule is O=C(CCc1ccncc1)N1C[C@@H]2CCCN[C@@H]2C1. The number of hydrogen-bond donors (Lipinski definition) is 1. The molecule has 0 aliphatic carbocycles. The first-order valence-electron chi connectivity index (χ1n) is 7.23. The Kier molecular flexibility index (Phi) is 3.78. The molecule has 2 saturated heterocycles. The summed E-state index contributed by atoms with van der Waals surface area (Å²) in [5.74, 6) is 0.978. The van der Waals surface area contributed by atoms with Crippen molar-refractivity contribution >= 4 is 5.91 Å². The molecule has 2 fully saturated rings. The molecule has 0 aromatic carbocycles. The van der Waals surface area contributed by atoms with Gasteiger partial charge in [-0.15, -0.1) is 0 Å². The van der Waals surface area contributed by atoms with E-state index in [0.717, 1.165) is 26.1 Å². The van der Waals surface area contributed by atoms with Gasteiger partial charge in [0.05, 0.1) is 0 Å². The summed E-state index contributed by atoms with van der Waals surface area (Å²) in [4.78, 5) is 18.3. The summed E-state index contributed by atoms with van der Waals surface area (Å²) in [7, 11) is 0. The highest BCUT2D eigenvalue weighted by Gasteiger charge is 2.35. The molecule has 1 aromatic rings. The van der Waals surface area contributed by atoms with E-state index < -0.39 is 0 Å². The molecule has 0 radical (unpaired) electrons. The molecule has 3 heterocycles. The largest absolute Gasteiger partial charge is 0.341 e. The zero-order valence-corrected chi connectivity index (χ0v) is 11.2. The van der Waals surface area contributed by atoms with E-state index >= 15 is 0 Å². The third-order valence-electron chi connectivity index (χ3n) is 4.33. The lowest BCUT2D eigenvalue weighted by molar-refractivity contribution is -0.130. The minimum absolute atomic E-state index is 0.299. The number of aryl methyl sites for hydroxylation is 1. The standard InChI is InChI=1S/C15H21N3O/c19-15(4-3-12-5-8-16-9-6-12)18-10-13-2-1-7-17-14(13)11-18/h5-6,8-9,13-14,17H,1-4,7,10-11H2/t13-,14+/m0/s1.